The number of hydrazine groups is 1. The Morgan fingerprint density at radius 2 is 2.10 bits per heavy atom. The van der Waals surface area contributed by atoms with E-state index < -0.39 is 0 Å². The number of amides is 1. The molecule has 4 N–H and O–H groups in total. The lowest BCUT2D eigenvalue weighted by molar-refractivity contribution is 0.0939. The predicted molar refractivity (Wildman–Crippen MR) is 90.7 cm³/mol. The number of hydrogen-bond acceptors (Lipinski definition) is 5. The fourth-order valence-electron chi connectivity index (χ4n) is 1.79. The average molecular weight is 310 g/mol. The van der Waals surface area contributed by atoms with Crippen LogP contribution in [0.25, 0.3) is 0 Å². The van der Waals surface area contributed by atoms with E-state index in [2.05, 4.69) is 42.8 Å². The summed E-state index contributed by atoms with van der Waals surface area (Å²) in [7, 11) is 0. The largest absolute Gasteiger partial charge is 0.350 e. The molecule has 5 nitrogen and oxygen atoms in total. The van der Waals surface area contributed by atoms with E-state index in [0.29, 0.717) is 11.4 Å². The highest BCUT2D eigenvalue weighted by Crippen LogP contribution is 2.23. The molecule has 0 saturated heterocycles. The highest BCUT2D eigenvalue weighted by molar-refractivity contribution is 7.98. The van der Waals surface area contributed by atoms with Gasteiger partial charge in [0, 0.05) is 22.7 Å². The third-order valence-corrected chi connectivity index (χ3v) is 3.78. The molecule has 6 heteroatoms. The highest BCUT2D eigenvalue weighted by Gasteiger charge is 2.19. The number of nitrogen functional groups attached to an aromatic ring is 1. The van der Waals surface area contributed by atoms with Gasteiger partial charge in [0.15, 0.2) is 0 Å². The zero-order valence-electron chi connectivity index (χ0n) is 13.5. The van der Waals surface area contributed by atoms with Gasteiger partial charge in [0.1, 0.15) is 5.82 Å². The van der Waals surface area contributed by atoms with Crippen LogP contribution in [0.4, 0.5) is 5.82 Å². The Morgan fingerprint density at radius 1 is 1.43 bits per heavy atom. The minimum Gasteiger partial charge on any atom is -0.350 e. The summed E-state index contributed by atoms with van der Waals surface area (Å²) in [6, 6.07) is 3.65. The predicted octanol–water partition coefficient (Wildman–Crippen LogP) is 2.54. The summed E-state index contributed by atoms with van der Waals surface area (Å²) < 4.78 is 0. The van der Waals surface area contributed by atoms with E-state index >= 15 is 0 Å². The normalized spacial score (nSPS) is 12.9. The number of carbonyl (C=O) groups excluding carboxylic acids is 1. The molecule has 1 aromatic rings. The number of aromatic nitrogens is 1. The molecule has 1 rings (SSSR count). The Balaban J connectivity index is 2.93. The lowest BCUT2D eigenvalue weighted by Gasteiger charge is -2.20. The molecule has 0 saturated carbocycles. The quantitative estimate of drug-likeness (QED) is 0.556. The summed E-state index contributed by atoms with van der Waals surface area (Å²) in [6.45, 7) is 8.18. The monoisotopic (exact) mass is 310 g/mol. The zero-order chi connectivity index (χ0) is 16.0. The number of pyridine rings is 1. The minimum absolute atomic E-state index is 0.0898. The van der Waals surface area contributed by atoms with E-state index in [9.17, 15) is 4.79 Å². The molecule has 0 aliphatic heterocycles. The number of rotatable bonds is 6. The second kappa shape index (κ2) is 7.66. The lowest BCUT2D eigenvalue weighted by atomic mass is 9.90. The standard InChI is InChI=1S/C15H26N4OS/c1-10(6-7-21-5)17-14(20)11-8-12(15(2,3)4)18-13(9-11)19-16/h8-10H,6-7,16H2,1-5H3,(H,17,20)(H,18,19). The molecule has 0 spiro atoms. The summed E-state index contributed by atoms with van der Waals surface area (Å²) >= 11 is 1.78. The molecule has 0 fully saturated rings. The summed E-state index contributed by atoms with van der Waals surface area (Å²) in [4.78, 5) is 16.8. The lowest BCUT2D eigenvalue weighted by Crippen LogP contribution is -2.33. The maximum absolute atomic E-state index is 12.4. The van der Waals surface area contributed by atoms with Crippen LogP contribution in [0.1, 0.15) is 50.2 Å². The van der Waals surface area contributed by atoms with E-state index in [1.54, 1.807) is 17.8 Å². The van der Waals surface area contributed by atoms with Gasteiger partial charge in [0.25, 0.3) is 5.91 Å². The van der Waals surface area contributed by atoms with E-state index in [1.165, 1.54) is 0 Å². The van der Waals surface area contributed by atoms with Crippen LogP contribution in [0.2, 0.25) is 0 Å². The second-order valence-corrected chi connectivity index (χ2v) is 7.16. The van der Waals surface area contributed by atoms with Gasteiger partial charge in [-0.1, -0.05) is 20.8 Å². The first-order chi connectivity index (χ1) is 9.77. The van der Waals surface area contributed by atoms with Gasteiger partial charge in [0.2, 0.25) is 0 Å². The highest BCUT2D eigenvalue weighted by atomic mass is 32.2. The molecule has 1 heterocycles. The third-order valence-electron chi connectivity index (χ3n) is 3.14. The van der Waals surface area contributed by atoms with Crippen LogP contribution >= 0.6 is 11.8 Å². The van der Waals surface area contributed by atoms with Gasteiger partial charge >= 0.3 is 0 Å². The maximum atomic E-state index is 12.4. The molecule has 0 aliphatic carbocycles. The summed E-state index contributed by atoms with van der Waals surface area (Å²) in [5.41, 5.74) is 3.80. The molecule has 0 radical (unpaired) electrons. The van der Waals surface area contributed by atoms with E-state index in [0.717, 1.165) is 17.9 Å². The Bertz CT molecular complexity index is 485. The fraction of sp³-hybridized carbons (Fsp3) is 0.600. The number of carbonyl (C=O) groups is 1. The van der Waals surface area contributed by atoms with Crippen LogP contribution in [0, 0.1) is 0 Å². The Morgan fingerprint density at radius 3 is 2.62 bits per heavy atom. The number of thioether (sulfide) groups is 1. The number of nitrogens with one attached hydrogen (secondary N) is 2. The number of anilines is 1. The van der Waals surface area contributed by atoms with Gasteiger partial charge in [0.05, 0.1) is 0 Å². The van der Waals surface area contributed by atoms with E-state index in [-0.39, 0.29) is 17.4 Å². The minimum atomic E-state index is -0.146. The number of nitrogens with two attached hydrogens (primary N) is 1. The molecule has 1 atom stereocenters. The van der Waals surface area contributed by atoms with Crippen molar-refractivity contribution in [2.45, 2.75) is 45.6 Å². The van der Waals surface area contributed by atoms with Gasteiger partial charge in [-0.15, -0.1) is 0 Å². The molecular formula is C15H26N4OS. The Labute approximate surface area is 131 Å². The average Bonchev–Trinajstić information content (AvgIpc) is 2.43. The van der Waals surface area contributed by atoms with Crippen molar-refractivity contribution in [3.05, 3.63) is 23.4 Å². The van der Waals surface area contributed by atoms with E-state index in [1.807, 2.05) is 13.0 Å². The molecule has 0 aliphatic rings. The summed E-state index contributed by atoms with van der Waals surface area (Å²) in [6.07, 6.45) is 3.01. The van der Waals surface area contributed by atoms with Gasteiger partial charge < -0.3 is 10.7 Å². The van der Waals surface area contributed by atoms with Gasteiger partial charge in [-0.25, -0.2) is 10.8 Å². The fourth-order valence-corrected chi connectivity index (χ4v) is 2.38. The topological polar surface area (TPSA) is 80.0 Å². The number of hydrogen-bond donors (Lipinski definition) is 3. The second-order valence-electron chi connectivity index (χ2n) is 6.18. The van der Waals surface area contributed by atoms with Crippen molar-refractivity contribution in [1.82, 2.24) is 10.3 Å². The van der Waals surface area contributed by atoms with Gasteiger partial charge in [-0.05, 0) is 37.5 Å². The van der Waals surface area contributed by atoms with Crippen LogP contribution in [0.5, 0.6) is 0 Å². The van der Waals surface area contributed by atoms with Gasteiger partial charge in [-0.3, -0.25) is 4.79 Å². The van der Waals surface area contributed by atoms with Crippen molar-refractivity contribution in [2.24, 2.45) is 5.84 Å². The van der Waals surface area contributed by atoms with Crippen LogP contribution in [-0.2, 0) is 5.41 Å². The molecule has 0 aromatic carbocycles. The van der Waals surface area contributed by atoms with Crippen LogP contribution in [0.15, 0.2) is 12.1 Å². The third kappa shape index (κ3) is 5.55. The van der Waals surface area contributed by atoms with Crippen molar-refractivity contribution >= 4 is 23.5 Å². The first-order valence-corrected chi connectivity index (χ1v) is 8.46. The van der Waals surface area contributed by atoms with Crippen molar-refractivity contribution in [3.63, 3.8) is 0 Å². The van der Waals surface area contributed by atoms with E-state index in [4.69, 9.17) is 5.84 Å². The first-order valence-electron chi connectivity index (χ1n) is 7.07. The molecule has 21 heavy (non-hydrogen) atoms. The zero-order valence-corrected chi connectivity index (χ0v) is 14.3. The van der Waals surface area contributed by atoms with Crippen LogP contribution in [-0.4, -0.2) is 28.9 Å². The smallest absolute Gasteiger partial charge is 0.251 e. The molecule has 118 valence electrons. The molecule has 1 amide bonds. The Hall–Kier alpha value is -1.27. The molecular weight excluding hydrogens is 284 g/mol. The molecule has 1 aromatic heterocycles. The van der Waals surface area contributed by atoms with Crippen LogP contribution in [0.3, 0.4) is 0 Å². The SMILES string of the molecule is CSCCC(C)NC(=O)c1cc(NN)nc(C(C)(C)C)c1. The summed E-state index contributed by atoms with van der Waals surface area (Å²) in [5.74, 6) is 6.89. The first kappa shape index (κ1) is 17.8. The van der Waals surface area contributed by atoms with Crippen molar-refractivity contribution in [3.8, 4) is 0 Å². The van der Waals surface area contributed by atoms with Gasteiger partial charge in [-0.2, -0.15) is 11.8 Å². The maximum Gasteiger partial charge on any atom is 0.251 e. The van der Waals surface area contributed by atoms with Crippen LogP contribution < -0.4 is 16.6 Å². The molecule has 0 bridgehead atoms. The van der Waals surface area contributed by atoms with Crippen molar-refractivity contribution < 1.29 is 4.79 Å². The number of nitrogens with zero attached hydrogens (tertiary/aromatic N) is 1. The van der Waals surface area contributed by atoms with Crippen molar-refractivity contribution in [2.75, 3.05) is 17.4 Å². The summed E-state index contributed by atoms with van der Waals surface area (Å²) in [5, 5.41) is 3.01. The Kier molecular flexibility index (Phi) is 6.48. The molecule has 1 unspecified atom stereocenters. The van der Waals surface area contributed by atoms with Crippen molar-refractivity contribution in [1.29, 1.82) is 0 Å².